The normalized spacial score (nSPS) is 8.44. The molecule has 56 valence electrons. The van der Waals surface area contributed by atoms with Crippen molar-refractivity contribution in [3.63, 3.8) is 0 Å². The zero-order valence-corrected chi connectivity index (χ0v) is 6.79. The first-order chi connectivity index (χ1) is 3.66. The van der Waals surface area contributed by atoms with Gasteiger partial charge in [-0.25, -0.2) is 0 Å². The molecule has 0 bridgehead atoms. The van der Waals surface area contributed by atoms with E-state index >= 15 is 0 Å². The van der Waals surface area contributed by atoms with Gasteiger partial charge in [-0.2, -0.15) is 0 Å². The predicted molar refractivity (Wildman–Crippen MR) is 39.9 cm³/mol. The van der Waals surface area contributed by atoms with Crippen molar-refractivity contribution in [2.45, 2.75) is 0 Å². The molecule has 0 saturated carbocycles. The SMILES string of the molecule is CNC(=O)CN(C)C.Cl. The third-order valence-corrected chi connectivity index (χ3v) is 0.739. The van der Waals surface area contributed by atoms with E-state index in [0.717, 1.165) is 0 Å². The molecule has 4 heteroatoms. The molecule has 3 nitrogen and oxygen atoms in total. The second-order valence-corrected chi connectivity index (χ2v) is 1.91. The number of halogens is 1. The van der Waals surface area contributed by atoms with E-state index in [1.165, 1.54) is 0 Å². The summed E-state index contributed by atoms with van der Waals surface area (Å²) in [6, 6.07) is 0. The fourth-order valence-corrected chi connectivity index (χ4v) is 0.366. The van der Waals surface area contributed by atoms with Crippen LogP contribution in [0.25, 0.3) is 0 Å². The van der Waals surface area contributed by atoms with Gasteiger partial charge in [0.1, 0.15) is 0 Å². The molecule has 0 unspecified atom stereocenters. The summed E-state index contributed by atoms with van der Waals surface area (Å²) in [6.07, 6.45) is 0. The zero-order chi connectivity index (χ0) is 6.57. The highest BCUT2D eigenvalue weighted by Gasteiger charge is 1.96. The maximum Gasteiger partial charge on any atom is 0.233 e. The minimum Gasteiger partial charge on any atom is -0.358 e. The van der Waals surface area contributed by atoms with Crippen LogP contribution in [0.3, 0.4) is 0 Å². The topological polar surface area (TPSA) is 32.3 Å². The van der Waals surface area contributed by atoms with Crippen molar-refractivity contribution in [1.82, 2.24) is 10.2 Å². The molecule has 0 atom stereocenters. The summed E-state index contributed by atoms with van der Waals surface area (Å²) in [5, 5.41) is 2.52. The van der Waals surface area contributed by atoms with Gasteiger partial charge in [-0.3, -0.25) is 4.79 Å². The first-order valence-electron chi connectivity index (χ1n) is 2.52. The van der Waals surface area contributed by atoms with E-state index in [1.54, 1.807) is 7.05 Å². The molecule has 0 rings (SSSR count). The fraction of sp³-hybridized carbons (Fsp3) is 0.800. The number of likely N-dealkylation sites (N-methyl/N-ethyl adjacent to an activating group) is 2. The van der Waals surface area contributed by atoms with E-state index in [2.05, 4.69) is 5.32 Å². The van der Waals surface area contributed by atoms with Crippen LogP contribution >= 0.6 is 12.4 Å². The van der Waals surface area contributed by atoms with Crippen LogP contribution in [-0.4, -0.2) is 38.5 Å². The molecule has 1 N–H and O–H groups in total. The molecule has 0 spiro atoms. The van der Waals surface area contributed by atoms with E-state index in [-0.39, 0.29) is 18.3 Å². The lowest BCUT2D eigenvalue weighted by atomic mass is 10.5. The van der Waals surface area contributed by atoms with E-state index in [9.17, 15) is 4.79 Å². The van der Waals surface area contributed by atoms with Crippen molar-refractivity contribution in [2.24, 2.45) is 0 Å². The Bertz CT molecular complexity index is 85.0. The lowest BCUT2D eigenvalue weighted by Crippen LogP contribution is -2.30. The molecule has 0 fully saturated rings. The van der Waals surface area contributed by atoms with Crippen molar-refractivity contribution in [3.8, 4) is 0 Å². The molecule has 0 aliphatic heterocycles. The van der Waals surface area contributed by atoms with Gasteiger partial charge >= 0.3 is 0 Å². The quantitative estimate of drug-likeness (QED) is 0.590. The summed E-state index contributed by atoms with van der Waals surface area (Å²) in [6.45, 7) is 0.469. The lowest BCUT2D eigenvalue weighted by Gasteiger charge is -2.05. The Balaban J connectivity index is 0. The van der Waals surface area contributed by atoms with Crippen LogP contribution in [0.1, 0.15) is 0 Å². The Morgan fingerprint density at radius 3 is 2.11 bits per heavy atom. The molecule has 0 aliphatic carbocycles. The number of nitrogens with zero attached hydrogens (tertiary/aromatic N) is 1. The number of rotatable bonds is 2. The molecule has 9 heavy (non-hydrogen) atoms. The van der Waals surface area contributed by atoms with Gasteiger partial charge in [-0.05, 0) is 14.1 Å². The molecular formula is C5H13ClN2O. The van der Waals surface area contributed by atoms with Crippen LogP contribution in [-0.2, 0) is 4.79 Å². The van der Waals surface area contributed by atoms with E-state index in [4.69, 9.17) is 0 Å². The molecular weight excluding hydrogens is 140 g/mol. The number of carbonyl (C=O) groups excluding carboxylic acids is 1. The van der Waals surface area contributed by atoms with Gasteiger partial charge in [0.25, 0.3) is 0 Å². The van der Waals surface area contributed by atoms with E-state index in [0.29, 0.717) is 6.54 Å². The predicted octanol–water partition coefficient (Wildman–Crippen LogP) is -0.284. The monoisotopic (exact) mass is 152 g/mol. The van der Waals surface area contributed by atoms with Crippen molar-refractivity contribution in [3.05, 3.63) is 0 Å². The molecule has 1 amide bonds. The summed E-state index contributed by atoms with van der Waals surface area (Å²) < 4.78 is 0. The van der Waals surface area contributed by atoms with Gasteiger partial charge in [0.2, 0.25) is 5.91 Å². The standard InChI is InChI=1S/C5H12N2O.ClH/c1-6-5(8)4-7(2)3;/h4H2,1-3H3,(H,6,8);1H. The van der Waals surface area contributed by atoms with Crippen molar-refractivity contribution in [2.75, 3.05) is 27.7 Å². The molecule has 0 aromatic heterocycles. The van der Waals surface area contributed by atoms with Gasteiger partial charge in [0.15, 0.2) is 0 Å². The van der Waals surface area contributed by atoms with Crippen LogP contribution in [0, 0.1) is 0 Å². The maximum absolute atomic E-state index is 10.5. The molecule has 0 heterocycles. The van der Waals surface area contributed by atoms with Crippen molar-refractivity contribution >= 4 is 18.3 Å². The number of hydrogen-bond donors (Lipinski definition) is 1. The highest BCUT2D eigenvalue weighted by molar-refractivity contribution is 5.85. The smallest absolute Gasteiger partial charge is 0.233 e. The Morgan fingerprint density at radius 1 is 1.56 bits per heavy atom. The highest BCUT2D eigenvalue weighted by atomic mass is 35.5. The van der Waals surface area contributed by atoms with Gasteiger partial charge in [-0.1, -0.05) is 0 Å². The molecule has 0 saturated heterocycles. The number of nitrogens with one attached hydrogen (secondary N) is 1. The second-order valence-electron chi connectivity index (χ2n) is 1.91. The van der Waals surface area contributed by atoms with Gasteiger partial charge in [-0.15, -0.1) is 12.4 Å². The van der Waals surface area contributed by atoms with E-state index in [1.807, 2.05) is 19.0 Å². The van der Waals surface area contributed by atoms with E-state index < -0.39 is 0 Å². The first-order valence-corrected chi connectivity index (χ1v) is 2.52. The van der Waals surface area contributed by atoms with Crippen LogP contribution in [0.5, 0.6) is 0 Å². The average molecular weight is 153 g/mol. The maximum atomic E-state index is 10.5. The number of amides is 1. The van der Waals surface area contributed by atoms with Crippen molar-refractivity contribution < 1.29 is 4.79 Å². The minimum atomic E-state index is 0. The van der Waals surface area contributed by atoms with Crippen LogP contribution in [0.2, 0.25) is 0 Å². The Labute approximate surface area is 61.8 Å². The largest absolute Gasteiger partial charge is 0.358 e. The summed E-state index contributed by atoms with van der Waals surface area (Å²) in [4.78, 5) is 12.3. The van der Waals surface area contributed by atoms with Crippen LogP contribution in [0.4, 0.5) is 0 Å². The van der Waals surface area contributed by atoms with Crippen LogP contribution < -0.4 is 5.32 Å². The molecule has 0 aromatic rings. The summed E-state index contributed by atoms with van der Waals surface area (Å²) in [5.41, 5.74) is 0. The number of hydrogen-bond acceptors (Lipinski definition) is 2. The molecule has 0 radical (unpaired) electrons. The Kier molecular flexibility index (Phi) is 7.48. The van der Waals surface area contributed by atoms with Crippen molar-refractivity contribution in [1.29, 1.82) is 0 Å². The van der Waals surface area contributed by atoms with Gasteiger partial charge < -0.3 is 10.2 Å². The summed E-state index contributed by atoms with van der Waals surface area (Å²) in [5.74, 6) is 0.0509. The van der Waals surface area contributed by atoms with Gasteiger partial charge in [0.05, 0.1) is 6.54 Å². The van der Waals surface area contributed by atoms with Crippen LogP contribution in [0.15, 0.2) is 0 Å². The molecule has 0 aliphatic rings. The minimum absolute atomic E-state index is 0. The fourth-order valence-electron chi connectivity index (χ4n) is 0.366. The lowest BCUT2D eigenvalue weighted by molar-refractivity contribution is -0.121. The summed E-state index contributed by atoms with van der Waals surface area (Å²) in [7, 11) is 5.34. The molecule has 0 aromatic carbocycles. The highest BCUT2D eigenvalue weighted by Crippen LogP contribution is 1.70. The first kappa shape index (κ1) is 11.5. The third-order valence-electron chi connectivity index (χ3n) is 0.739. The Hall–Kier alpha value is -0.280. The average Bonchev–Trinajstić information content (AvgIpc) is 1.65. The Morgan fingerprint density at radius 2 is 2.00 bits per heavy atom. The number of carbonyl (C=O) groups is 1. The zero-order valence-electron chi connectivity index (χ0n) is 5.97. The summed E-state index contributed by atoms with van der Waals surface area (Å²) >= 11 is 0. The van der Waals surface area contributed by atoms with Gasteiger partial charge in [0, 0.05) is 7.05 Å². The third kappa shape index (κ3) is 7.72. The second kappa shape index (κ2) is 5.85.